The second-order valence-corrected chi connectivity index (χ2v) is 7.17. The van der Waals surface area contributed by atoms with Crippen LogP contribution in [0.2, 0.25) is 0 Å². The van der Waals surface area contributed by atoms with E-state index < -0.39 is 9.84 Å². The lowest BCUT2D eigenvalue weighted by molar-refractivity contribution is 0.0626. The van der Waals surface area contributed by atoms with E-state index in [0.717, 1.165) is 30.6 Å². The zero-order valence-electron chi connectivity index (χ0n) is 10.8. The molecular formula is C14H20O3S. The summed E-state index contributed by atoms with van der Waals surface area (Å²) in [6.45, 7) is 3.32. The predicted octanol–water partition coefficient (Wildman–Crippen LogP) is 2.34. The SMILES string of the molecule is Cc1ccccc1CS(=O)(=O)CC1CCCOC1. The van der Waals surface area contributed by atoms with Crippen LogP contribution in [-0.2, 0) is 20.3 Å². The van der Waals surface area contributed by atoms with E-state index in [1.54, 1.807) is 0 Å². The standard InChI is InChI=1S/C14H20O3S/c1-12-5-2-3-7-14(12)11-18(15,16)10-13-6-4-8-17-9-13/h2-3,5,7,13H,4,6,8-11H2,1H3. The smallest absolute Gasteiger partial charge is 0.154 e. The van der Waals surface area contributed by atoms with Gasteiger partial charge in [-0.1, -0.05) is 24.3 Å². The van der Waals surface area contributed by atoms with Crippen molar-refractivity contribution >= 4 is 9.84 Å². The van der Waals surface area contributed by atoms with Gasteiger partial charge in [-0.3, -0.25) is 0 Å². The van der Waals surface area contributed by atoms with Gasteiger partial charge in [-0.05, 0) is 36.8 Å². The van der Waals surface area contributed by atoms with E-state index in [0.29, 0.717) is 6.61 Å². The fraction of sp³-hybridized carbons (Fsp3) is 0.571. The first kappa shape index (κ1) is 13.6. The van der Waals surface area contributed by atoms with E-state index in [2.05, 4.69) is 0 Å². The number of hydrogen-bond acceptors (Lipinski definition) is 3. The monoisotopic (exact) mass is 268 g/mol. The summed E-state index contributed by atoms with van der Waals surface area (Å²) in [5.41, 5.74) is 1.95. The van der Waals surface area contributed by atoms with Gasteiger partial charge in [-0.2, -0.15) is 0 Å². The maximum absolute atomic E-state index is 12.2. The molecule has 1 aliphatic rings. The molecule has 0 radical (unpaired) electrons. The molecule has 1 unspecified atom stereocenters. The molecule has 4 heteroatoms. The van der Waals surface area contributed by atoms with Crippen molar-refractivity contribution in [3.05, 3.63) is 35.4 Å². The lowest BCUT2D eigenvalue weighted by atomic mass is 10.1. The fourth-order valence-corrected chi connectivity index (χ4v) is 4.26. The molecule has 1 saturated heterocycles. The third-order valence-electron chi connectivity index (χ3n) is 3.38. The number of sulfone groups is 1. The molecule has 1 heterocycles. The summed E-state index contributed by atoms with van der Waals surface area (Å²) in [5, 5.41) is 0. The number of benzene rings is 1. The number of aryl methyl sites for hydroxylation is 1. The van der Waals surface area contributed by atoms with Gasteiger partial charge in [0.25, 0.3) is 0 Å². The minimum atomic E-state index is -3.04. The van der Waals surface area contributed by atoms with Crippen molar-refractivity contribution in [2.45, 2.75) is 25.5 Å². The van der Waals surface area contributed by atoms with Gasteiger partial charge < -0.3 is 4.74 Å². The Hall–Kier alpha value is -0.870. The maximum Gasteiger partial charge on any atom is 0.154 e. The van der Waals surface area contributed by atoms with E-state index in [-0.39, 0.29) is 17.4 Å². The average Bonchev–Trinajstić information content (AvgIpc) is 2.32. The van der Waals surface area contributed by atoms with Gasteiger partial charge in [0.05, 0.1) is 18.1 Å². The summed E-state index contributed by atoms with van der Waals surface area (Å²) < 4.78 is 29.7. The van der Waals surface area contributed by atoms with Crippen LogP contribution in [0.1, 0.15) is 24.0 Å². The molecule has 1 aliphatic heterocycles. The van der Waals surface area contributed by atoms with Crippen LogP contribution >= 0.6 is 0 Å². The van der Waals surface area contributed by atoms with Crippen LogP contribution in [0.3, 0.4) is 0 Å². The van der Waals surface area contributed by atoms with Crippen LogP contribution < -0.4 is 0 Å². The second kappa shape index (κ2) is 5.85. The van der Waals surface area contributed by atoms with Crippen molar-refractivity contribution in [1.82, 2.24) is 0 Å². The van der Waals surface area contributed by atoms with Crippen molar-refractivity contribution in [2.24, 2.45) is 5.92 Å². The maximum atomic E-state index is 12.2. The largest absolute Gasteiger partial charge is 0.381 e. The Morgan fingerprint density at radius 2 is 2.11 bits per heavy atom. The minimum absolute atomic E-state index is 0.149. The summed E-state index contributed by atoms with van der Waals surface area (Å²) >= 11 is 0. The molecule has 0 aromatic heterocycles. The molecule has 0 spiro atoms. The van der Waals surface area contributed by atoms with Crippen LogP contribution in [0, 0.1) is 12.8 Å². The van der Waals surface area contributed by atoms with Gasteiger partial charge in [0, 0.05) is 6.61 Å². The molecule has 1 atom stereocenters. The van der Waals surface area contributed by atoms with Crippen molar-refractivity contribution in [3.63, 3.8) is 0 Å². The van der Waals surface area contributed by atoms with Crippen molar-refractivity contribution in [2.75, 3.05) is 19.0 Å². The molecule has 1 fully saturated rings. The van der Waals surface area contributed by atoms with E-state index in [1.165, 1.54) is 0 Å². The molecule has 2 rings (SSSR count). The van der Waals surface area contributed by atoms with E-state index in [9.17, 15) is 8.42 Å². The van der Waals surface area contributed by atoms with Gasteiger partial charge in [0.15, 0.2) is 9.84 Å². The number of ether oxygens (including phenoxy) is 1. The molecule has 3 nitrogen and oxygen atoms in total. The summed E-state index contributed by atoms with van der Waals surface area (Å²) in [6, 6.07) is 7.67. The third-order valence-corrected chi connectivity index (χ3v) is 5.11. The van der Waals surface area contributed by atoms with E-state index >= 15 is 0 Å². The molecule has 0 aliphatic carbocycles. The van der Waals surface area contributed by atoms with Crippen molar-refractivity contribution in [3.8, 4) is 0 Å². The lowest BCUT2D eigenvalue weighted by Gasteiger charge is -2.21. The van der Waals surface area contributed by atoms with Gasteiger partial charge in [-0.15, -0.1) is 0 Å². The van der Waals surface area contributed by atoms with Crippen LogP contribution in [0.25, 0.3) is 0 Å². The topological polar surface area (TPSA) is 43.4 Å². The lowest BCUT2D eigenvalue weighted by Crippen LogP contribution is -2.25. The summed E-state index contributed by atoms with van der Waals surface area (Å²) in [4.78, 5) is 0. The first-order valence-electron chi connectivity index (χ1n) is 6.39. The highest BCUT2D eigenvalue weighted by Crippen LogP contribution is 2.19. The second-order valence-electron chi connectivity index (χ2n) is 5.06. The Morgan fingerprint density at radius 1 is 1.33 bits per heavy atom. The van der Waals surface area contributed by atoms with Crippen molar-refractivity contribution < 1.29 is 13.2 Å². The highest BCUT2D eigenvalue weighted by atomic mass is 32.2. The molecule has 0 saturated carbocycles. The Balaban J connectivity index is 2.01. The molecule has 0 bridgehead atoms. The first-order chi connectivity index (χ1) is 8.57. The van der Waals surface area contributed by atoms with Gasteiger partial charge in [-0.25, -0.2) is 8.42 Å². The molecule has 0 N–H and O–H groups in total. The molecule has 1 aromatic carbocycles. The van der Waals surface area contributed by atoms with Gasteiger partial charge in [0.2, 0.25) is 0 Å². The van der Waals surface area contributed by atoms with Gasteiger partial charge in [0.1, 0.15) is 0 Å². The molecular weight excluding hydrogens is 248 g/mol. The first-order valence-corrected chi connectivity index (χ1v) is 8.22. The van der Waals surface area contributed by atoms with E-state index in [1.807, 2.05) is 31.2 Å². The average molecular weight is 268 g/mol. The quantitative estimate of drug-likeness (QED) is 0.842. The van der Waals surface area contributed by atoms with Crippen LogP contribution in [0.4, 0.5) is 0 Å². The highest BCUT2D eigenvalue weighted by Gasteiger charge is 2.22. The zero-order valence-corrected chi connectivity index (χ0v) is 11.6. The molecule has 0 amide bonds. The van der Waals surface area contributed by atoms with E-state index in [4.69, 9.17) is 4.74 Å². The summed E-state index contributed by atoms with van der Waals surface area (Å²) in [7, 11) is -3.04. The number of rotatable bonds is 4. The normalized spacial score (nSPS) is 20.8. The fourth-order valence-electron chi connectivity index (χ4n) is 2.37. The minimum Gasteiger partial charge on any atom is -0.381 e. The summed E-state index contributed by atoms with van der Waals surface area (Å²) in [5.74, 6) is 0.574. The van der Waals surface area contributed by atoms with Crippen molar-refractivity contribution in [1.29, 1.82) is 0 Å². The predicted molar refractivity (Wildman–Crippen MR) is 72.2 cm³/mol. The third kappa shape index (κ3) is 3.82. The van der Waals surface area contributed by atoms with Gasteiger partial charge >= 0.3 is 0 Å². The summed E-state index contributed by atoms with van der Waals surface area (Å²) in [6.07, 6.45) is 1.94. The number of hydrogen-bond donors (Lipinski definition) is 0. The molecule has 1 aromatic rings. The highest BCUT2D eigenvalue weighted by molar-refractivity contribution is 7.90. The van der Waals surface area contributed by atoms with Crippen LogP contribution in [-0.4, -0.2) is 27.4 Å². The molecule has 100 valence electrons. The Kier molecular flexibility index (Phi) is 4.40. The zero-order chi connectivity index (χ0) is 13.0. The molecule has 18 heavy (non-hydrogen) atoms. The Morgan fingerprint density at radius 3 is 2.78 bits per heavy atom. The van der Waals surface area contributed by atoms with Crippen LogP contribution in [0.5, 0.6) is 0 Å². The Bertz CT molecular complexity index is 488. The van der Waals surface area contributed by atoms with Crippen LogP contribution in [0.15, 0.2) is 24.3 Å². The Labute approximate surface area is 109 Å².